The molecule has 2 N–H and O–H groups in total. The molecule has 0 saturated carbocycles. The van der Waals surface area contributed by atoms with E-state index < -0.39 is 35.2 Å². The molecule has 3 aromatic carbocycles. The molecule has 0 unspecified atom stereocenters. The van der Waals surface area contributed by atoms with Crippen LogP contribution in [0.5, 0.6) is 0 Å². The number of ketones is 1. The van der Waals surface area contributed by atoms with Gasteiger partial charge in [0.1, 0.15) is 11.9 Å². The Morgan fingerprint density at radius 1 is 1.00 bits per heavy atom. The SMILES string of the molecule is O=C1O[C@](C(=O)Nc2ccc(F)cc2)(C(=O)c2ccc(Br)cc2)[C@H](O)c2ccccc21. The Kier molecular flexibility index (Phi) is 5.43. The molecule has 8 heteroatoms. The summed E-state index contributed by atoms with van der Waals surface area (Å²) in [6.07, 6.45) is -1.77. The molecule has 0 fully saturated rings. The fraction of sp³-hybridized carbons (Fsp3) is 0.0870. The number of ether oxygens (including phenoxy) is 1. The lowest BCUT2D eigenvalue weighted by Gasteiger charge is -2.38. The number of nitrogens with one attached hydrogen (secondary N) is 1. The molecule has 1 aliphatic heterocycles. The van der Waals surface area contributed by atoms with Crippen molar-refractivity contribution in [3.8, 4) is 0 Å². The average molecular weight is 484 g/mol. The van der Waals surface area contributed by atoms with Crippen LogP contribution in [0.25, 0.3) is 0 Å². The van der Waals surface area contributed by atoms with Crippen LogP contribution in [0.4, 0.5) is 10.1 Å². The van der Waals surface area contributed by atoms with E-state index in [2.05, 4.69) is 21.2 Å². The van der Waals surface area contributed by atoms with Gasteiger partial charge in [-0.15, -0.1) is 0 Å². The molecule has 0 aromatic heterocycles. The number of aliphatic hydroxyl groups excluding tert-OH is 1. The third kappa shape index (κ3) is 3.64. The standard InChI is InChI=1S/C23H15BrFNO5/c24-14-7-5-13(6-8-14)19(27)23(22(30)26-16-11-9-15(25)10-12-16)20(28)17-3-1-2-4-18(17)21(29)31-23/h1-12,20,28H,(H,26,30)/t20-,23-/m1/s1. The van der Waals surface area contributed by atoms with Crippen LogP contribution < -0.4 is 5.32 Å². The zero-order valence-electron chi connectivity index (χ0n) is 15.8. The fourth-order valence-corrected chi connectivity index (χ4v) is 3.68. The predicted octanol–water partition coefficient (Wildman–Crippen LogP) is 4.05. The van der Waals surface area contributed by atoms with Crippen LogP contribution in [-0.4, -0.2) is 28.4 Å². The highest BCUT2D eigenvalue weighted by Gasteiger charge is 2.59. The molecule has 1 amide bonds. The molecule has 6 nitrogen and oxygen atoms in total. The summed E-state index contributed by atoms with van der Waals surface area (Å²) in [6, 6.07) is 16.9. The van der Waals surface area contributed by atoms with Gasteiger partial charge in [-0.2, -0.15) is 0 Å². The van der Waals surface area contributed by atoms with Gasteiger partial charge < -0.3 is 15.2 Å². The Morgan fingerprint density at radius 3 is 2.32 bits per heavy atom. The van der Waals surface area contributed by atoms with Gasteiger partial charge in [0.25, 0.3) is 11.5 Å². The molecule has 3 aromatic rings. The van der Waals surface area contributed by atoms with Gasteiger partial charge in [-0.05, 0) is 42.5 Å². The maximum absolute atomic E-state index is 13.5. The van der Waals surface area contributed by atoms with Crippen molar-refractivity contribution in [1.82, 2.24) is 0 Å². The van der Waals surface area contributed by atoms with Crippen LogP contribution in [0.2, 0.25) is 0 Å². The number of anilines is 1. The van der Waals surface area contributed by atoms with Crippen LogP contribution in [0.3, 0.4) is 0 Å². The number of fused-ring (bicyclic) bond motifs is 1. The first-order valence-corrected chi connectivity index (χ1v) is 10.00. The van der Waals surface area contributed by atoms with E-state index in [1.807, 2.05) is 0 Å². The topological polar surface area (TPSA) is 92.7 Å². The lowest BCUT2D eigenvalue weighted by atomic mass is 9.79. The minimum atomic E-state index is -2.58. The monoisotopic (exact) mass is 483 g/mol. The number of benzene rings is 3. The van der Waals surface area contributed by atoms with Gasteiger partial charge in [-0.3, -0.25) is 9.59 Å². The average Bonchev–Trinajstić information content (AvgIpc) is 2.78. The molecule has 0 radical (unpaired) electrons. The van der Waals surface area contributed by atoms with Crippen molar-refractivity contribution in [1.29, 1.82) is 0 Å². The summed E-state index contributed by atoms with van der Waals surface area (Å²) in [5, 5.41) is 13.6. The number of carbonyl (C=O) groups excluding carboxylic acids is 3. The Hall–Kier alpha value is -3.36. The third-order valence-corrected chi connectivity index (χ3v) is 5.53. The summed E-state index contributed by atoms with van der Waals surface area (Å²) in [7, 11) is 0. The maximum Gasteiger partial charge on any atom is 0.340 e. The minimum absolute atomic E-state index is 0.0590. The molecule has 1 heterocycles. The first-order valence-electron chi connectivity index (χ1n) is 9.20. The van der Waals surface area contributed by atoms with E-state index in [4.69, 9.17) is 4.74 Å². The summed E-state index contributed by atoms with van der Waals surface area (Å²) >= 11 is 3.27. The van der Waals surface area contributed by atoms with Crippen LogP contribution >= 0.6 is 15.9 Å². The fourth-order valence-electron chi connectivity index (χ4n) is 3.41. The summed E-state index contributed by atoms with van der Waals surface area (Å²) in [4.78, 5) is 39.6. The highest BCUT2D eigenvalue weighted by Crippen LogP contribution is 2.40. The zero-order chi connectivity index (χ0) is 22.2. The summed E-state index contributed by atoms with van der Waals surface area (Å²) in [6.45, 7) is 0. The molecule has 0 saturated heterocycles. The number of halogens is 2. The van der Waals surface area contributed by atoms with Crippen molar-refractivity contribution in [2.24, 2.45) is 0 Å². The minimum Gasteiger partial charge on any atom is -0.433 e. The van der Waals surface area contributed by atoms with Crippen molar-refractivity contribution < 1.29 is 28.6 Å². The second kappa shape index (κ2) is 8.05. The molecule has 1 aliphatic rings. The van der Waals surface area contributed by atoms with Crippen molar-refractivity contribution in [3.05, 3.63) is 99.8 Å². The van der Waals surface area contributed by atoms with Crippen molar-refractivity contribution >= 4 is 39.3 Å². The van der Waals surface area contributed by atoms with Crippen LogP contribution in [0.1, 0.15) is 32.4 Å². The first-order chi connectivity index (χ1) is 14.8. The van der Waals surface area contributed by atoms with Gasteiger partial charge in [0.05, 0.1) is 5.56 Å². The van der Waals surface area contributed by atoms with Gasteiger partial charge in [0, 0.05) is 21.3 Å². The Balaban J connectivity index is 1.83. The Labute approximate surface area is 184 Å². The number of cyclic esters (lactones) is 1. The summed E-state index contributed by atoms with van der Waals surface area (Å²) < 4.78 is 19.3. The first kappa shape index (κ1) is 20.9. The Morgan fingerprint density at radius 2 is 1.65 bits per heavy atom. The lowest BCUT2D eigenvalue weighted by molar-refractivity contribution is -0.143. The van der Waals surface area contributed by atoms with Crippen molar-refractivity contribution in [2.75, 3.05) is 5.32 Å². The predicted molar refractivity (Wildman–Crippen MR) is 113 cm³/mol. The van der Waals surface area contributed by atoms with Gasteiger partial charge in [-0.1, -0.05) is 46.3 Å². The normalized spacial score (nSPS) is 19.8. The maximum atomic E-state index is 13.5. The van der Waals surface area contributed by atoms with Crippen molar-refractivity contribution in [2.45, 2.75) is 11.7 Å². The second-order valence-electron chi connectivity index (χ2n) is 6.91. The number of aliphatic hydroxyl groups is 1. The number of rotatable bonds is 4. The van der Waals surface area contributed by atoms with E-state index in [0.717, 1.165) is 12.1 Å². The number of amides is 1. The number of hydrogen-bond acceptors (Lipinski definition) is 5. The van der Waals surface area contributed by atoms with Crippen LogP contribution in [0.15, 0.2) is 77.3 Å². The third-order valence-electron chi connectivity index (χ3n) is 5.00. The number of carbonyl (C=O) groups is 3. The quantitative estimate of drug-likeness (QED) is 0.331. The van der Waals surface area contributed by atoms with E-state index in [-0.39, 0.29) is 22.4 Å². The second-order valence-corrected chi connectivity index (χ2v) is 7.83. The Bertz CT molecular complexity index is 1180. The highest BCUT2D eigenvalue weighted by molar-refractivity contribution is 9.10. The molecule has 0 bridgehead atoms. The van der Waals surface area contributed by atoms with E-state index in [1.54, 1.807) is 24.3 Å². The van der Waals surface area contributed by atoms with Crippen molar-refractivity contribution in [3.63, 3.8) is 0 Å². The number of hydrogen-bond donors (Lipinski definition) is 2. The lowest BCUT2D eigenvalue weighted by Crippen LogP contribution is -2.59. The van der Waals surface area contributed by atoms with Gasteiger partial charge >= 0.3 is 5.97 Å². The number of esters is 1. The summed E-state index contributed by atoms with van der Waals surface area (Å²) in [5.74, 6) is -3.38. The van der Waals surface area contributed by atoms with Gasteiger partial charge in [0.2, 0.25) is 5.78 Å². The van der Waals surface area contributed by atoms with E-state index in [0.29, 0.717) is 4.47 Å². The van der Waals surface area contributed by atoms with Crippen LogP contribution in [0, 0.1) is 5.82 Å². The smallest absolute Gasteiger partial charge is 0.340 e. The molecule has 156 valence electrons. The molecular weight excluding hydrogens is 469 g/mol. The zero-order valence-corrected chi connectivity index (χ0v) is 17.4. The van der Waals surface area contributed by atoms with Crippen LogP contribution in [-0.2, 0) is 9.53 Å². The van der Waals surface area contributed by atoms with E-state index >= 15 is 0 Å². The summed E-state index contributed by atoms with van der Waals surface area (Å²) in [5.41, 5.74) is -2.20. The largest absolute Gasteiger partial charge is 0.433 e. The molecular formula is C23H15BrFNO5. The van der Waals surface area contributed by atoms with Gasteiger partial charge in [-0.25, -0.2) is 9.18 Å². The molecule has 2 atom stereocenters. The number of Topliss-reactive ketones (excluding diaryl/α,β-unsaturated/α-hetero) is 1. The van der Waals surface area contributed by atoms with E-state index in [1.165, 1.54) is 36.4 Å². The molecule has 0 spiro atoms. The molecule has 4 rings (SSSR count). The van der Waals surface area contributed by atoms with Gasteiger partial charge in [0.15, 0.2) is 0 Å². The highest BCUT2D eigenvalue weighted by atomic mass is 79.9. The molecule has 31 heavy (non-hydrogen) atoms. The molecule has 0 aliphatic carbocycles. The van der Waals surface area contributed by atoms with E-state index in [9.17, 15) is 23.9 Å².